The van der Waals surface area contributed by atoms with Gasteiger partial charge in [0.15, 0.2) is 0 Å². The van der Waals surface area contributed by atoms with E-state index in [-0.39, 0.29) is 17.9 Å². The number of carbonyl (C=O) groups is 1. The van der Waals surface area contributed by atoms with Gasteiger partial charge in [0, 0.05) is 30.9 Å². The first-order valence-electron chi connectivity index (χ1n) is 10.4. The molecule has 32 heavy (non-hydrogen) atoms. The first-order chi connectivity index (χ1) is 15.5. The number of rotatable bonds is 11. The predicted molar refractivity (Wildman–Crippen MR) is 125 cm³/mol. The van der Waals surface area contributed by atoms with Gasteiger partial charge in [-0.15, -0.1) is 0 Å². The van der Waals surface area contributed by atoms with Crippen molar-refractivity contribution in [3.63, 3.8) is 0 Å². The van der Waals surface area contributed by atoms with Crippen LogP contribution in [0.15, 0.2) is 90.1 Å². The van der Waals surface area contributed by atoms with Gasteiger partial charge in [0.05, 0.1) is 4.90 Å². The van der Waals surface area contributed by atoms with E-state index in [9.17, 15) is 13.2 Å². The third-order valence-corrected chi connectivity index (χ3v) is 6.39. The first-order valence-corrected chi connectivity index (χ1v) is 11.9. The second-order valence-corrected chi connectivity index (χ2v) is 9.07. The van der Waals surface area contributed by atoms with E-state index in [1.807, 2.05) is 42.5 Å². The summed E-state index contributed by atoms with van der Waals surface area (Å²) in [6.07, 6.45) is 7.39. The SMILES string of the molecule is O=C(O)CCC/C=C(/c1cccnc1)c1cccc(CCNS(=O)(=O)c2ccccc2)c1. The number of hydrogen-bond donors (Lipinski definition) is 2. The van der Waals surface area contributed by atoms with Crippen molar-refractivity contribution in [2.45, 2.75) is 30.6 Å². The molecule has 0 spiro atoms. The van der Waals surface area contributed by atoms with Gasteiger partial charge in [-0.3, -0.25) is 9.78 Å². The Balaban J connectivity index is 1.73. The van der Waals surface area contributed by atoms with Crippen LogP contribution in [0.5, 0.6) is 0 Å². The van der Waals surface area contributed by atoms with Crippen molar-refractivity contribution in [3.05, 3.63) is 102 Å². The highest BCUT2D eigenvalue weighted by Crippen LogP contribution is 2.25. The van der Waals surface area contributed by atoms with E-state index >= 15 is 0 Å². The van der Waals surface area contributed by atoms with E-state index in [0.29, 0.717) is 19.3 Å². The molecule has 2 aromatic carbocycles. The van der Waals surface area contributed by atoms with Gasteiger partial charge in [-0.25, -0.2) is 13.1 Å². The smallest absolute Gasteiger partial charge is 0.303 e. The molecular formula is C25H26N2O4S. The van der Waals surface area contributed by atoms with Crippen LogP contribution in [0.1, 0.15) is 36.0 Å². The molecule has 0 fully saturated rings. The standard InChI is InChI=1S/C25H26N2O4S/c28-25(29)14-5-4-13-24(22-10-7-16-26-19-22)21-9-6-8-20(18-21)15-17-27-32(30,31)23-11-2-1-3-12-23/h1-3,6-13,16,18-19,27H,4-5,14-15,17H2,(H,28,29)/b24-13+. The van der Waals surface area contributed by atoms with Crippen LogP contribution in [0.25, 0.3) is 5.57 Å². The highest BCUT2D eigenvalue weighted by molar-refractivity contribution is 7.89. The van der Waals surface area contributed by atoms with Gasteiger partial charge in [-0.1, -0.05) is 54.6 Å². The molecular weight excluding hydrogens is 424 g/mol. The van der Waals surface area contributed by atoms with Crippen molar-refractivity contribution in [1.82, 2.24) is 9.71 Å². The van der Waals surface area contributed by atoms with E-state index in [1.54, 1.807) is 42.7 Å². The van der Waals surface area contributed by atoms with Crippen LogP contribution in [-0.4, -0.2) is 31.0 Å². The Morgan fingerprint density at radius 3 is 2.50 bits per heavy atom. The molecule has 3 rings (SSSR count). The number of benzene rings is 2. The van der Waals surface area contributed by atoms with E-state index in [4.69, 9.17) is 5.11 Å². The van der Waals surface area contributed by atoms with E-state index in [0.717, 1.165) is 22.3 Å². The number of sulfonamides is 1. The zero-order valence-corrected chi connectivity index (χ0v) is 18.5. The Labute approximate surface area is 188 Å². The summed E-state index contributed by atoms with van der Waals surface area (Å²) >= 11 is 0. The maximum atomic E-state index is 12.4. The molecule has 0 aliphatic rings. The number of allylic oxidation sites excluding steroid dienone is 1. The zero-order valence-electron chi connectivity index (χ0n) is 17.6. The fraction of sp³-hybridized carbons (Fsp3) is 0.200. The number of aliphatic carboxylic acids is 1. The van der Waals surface area contributed by atoms with Crippen molar-refractivity contribution in [2.75, 3.05) is 6.54 Å². The predicted octanol–water partition coefficient (Wildman–Crippen LogP) is 4.29. The summed E-state index contributed by atoms with van der Waals surface area (Å²) < 4.78 is 27.5. The van der Waals surface area contributed by atoms with Gasteiger partial charge in [0.2, 0.25) is 10.0 Å². The van der Waals surface area contributed by atoms with Crippen LogP contribution >= 0.6 is 0 Å². The lowest BCUT2D eigenvalue weighted by atomic mass is 9.95. The molecule has 0 bridgehead atoms. The second-order valence-electron chi connectivity index (χ2n) is 7.31. The molecule has 3 aromatic rings. The minimum atomic E-state index is -3.54. The molecule has 0 radical (unpaired) electrons. The molecule has 6 nitrogen and oxygen atoms in total. The van der Waals surface area contributed by atoms with Crippen molar-refractivity contribution in [2.24, 2.45) is 0 Å². The van der Waals surface area contributed by atoms with Gasteiger partial charge in [-0.2, -0.15) is 0 Å². The molecule has 2 N–H and O–H groups in total. The van der Waals surface area contributed by atoms with Gasteiger partial charge >= 0.3 is 5.97 Å². The number of carboxylic acids is 1. The number of aromatic nitrogens is 1. The number of nitrogens with one attached hydrogen (secondary N) is 1. The molecule has 0 atom stereocenters. The molecule has 0 saturated heterocycles. The fourth-order valence-electron chi connectivity index (χ4n) is 3.33. The Bertz CT molecular complexity index is 1160. The molecule has 0 aliphatic heterocycles. The third kappa shape index (κ3) is 6.87. The number of nitrogens with zero attached hydrogens (tertiary/aromatic N) is 1. The lowest BCUT2D eigenvalue weighted by Crippen LogP contribution is -2.25. The molecule has 0 aliphatic carbocycles. The van der Waals surface area contributed by atoms with E-state index in [2.05, 4.69) is 9.71 Å². The first kappa shape index (κ1) is 23.4. The molecule has 0 saturated carbocycles. The summed E-state index contributed by atoms with van der Waals surface area (Å²) in [6.45, 7) is 0.283. The second kappa shape index (κ2) is 11.4. The molecule has 1 heterocycles. The van der Waals surface area contributed by atoms with E-state index < -0.39 is 16.0 Å². The summed E-state index contributed by atoms with van der Waals surface area (Å²) in [4.78, 5) is 15.3. The average molecular weight is 451 g/mol. The summed E-state index contributed by atoms with van der Waals surface area (Å²) in [5, 5.41) is 8.88. The van der Waals surface area contributed by atoms with Crippen LogP contribution in [-0.2, 0) is 21.2 Å². The van der Waals surface area contributed by atoms with Crippen LogP contribution < -0.4 is 4.72 Å². The van der Waals surface area contributed by atoms with Crippen molar-refractivity contribution in [1.29, 1.82) is 0 Å². The minimum absolute atomic E-state index is 0.123. The number of hydrogen-bond acceptors (Lipinski definition) is 4. The maximum Gasteiger partial charge on any atom is 0.303 e. The van der Waals surface area contributed by atoms with Crippen molar-refractivity contribution in [3.8, 4) is 0 Å². The van der Waals surface area contributed by atoms with Gasteiger partial charge in [0.25, 0.3) is 0 Å². The number of pyridine rings is 1. The average Bonchev–Trinajstić information content (AvgIpc) is 2.80. The highest BCUT2D eigenvalue weighted by Gasteiger charge is 2.12. The summed E-state index contributed by atoms with van der Waals surface area (Å²) in [6, 6.07) is 20.1. The lowest BCUT2D eigenvalue weighted by molar-refractivity contribution is -0.137. The van der Waals surface area contributed by atoms with Crippen LogP contribution in [0.3, 0.4) is 0 Å². The minimum Gasteiger partial charge on any atom is -0.481 e. The van der Waals surface area contributed by atoms with Crippen molar-refractivity contribution < 1.29 is 18.3 Å². The largest absolute Gasteiger partial charge is 0.481 e. The van der Waals surface area contributed by atoms with E-state index in [1.165, 1.54) is 0 Å². The van der Waals surface area contributed by atoms with Crippen LogP contribution in [0.2, 0.25) is 0 Å². The van der Waals surface area contributed by atoms with Crippen LogP contribution in [0, 0.1) is 0 Å². The third-order valence-electron chi connectivity index (χ3n) is 4.91. The quantitative estimate of drug-likeness (QED) is 0.425. The molecule has 1 aromatic heterocycles. The molecule has 0 amide bonds. The Hall–Kier alpha value is -3.29. The summed E-state index contributed by atoms with van der Waals surface area (Å²) in [5.41, 5.74) is 3.91. The Morgan fingerprint density at radius 1 is 1.00 bits per heavy atom. The highest BCUT2D eigenvalue weighted by atomic mass is 32.2. The number of carboxylic acid groups (broad SMARTS) is 1. The Morgan fingerprint density at radius 2 is 1.78 bits per heavy atom. The zero-order chi connectivity index (χ0) is 22.8. The monoisotopic (exact) mass is 450 g/mol. The molecule has 166 valence electrons. The fourth-order valence-corrected chi connectivity index (χ4v) is 4.38. The van der Waals surface area contributed by atoms with Crippen LogP contribution in [0.4, 0.5) is 0 Å². The normalized spacial score (nSPS) is 11.9. The Kier molecular flexibility index (Phi) is 8.30. The van der Waals surface area contributed by atoms with Crippen molar-refractivity contribution >= 4 is 21.6 Å². The van der Waals surface area contributed by atoms with Gasteiger partial charge < -0.3 is 5.11 Å². The molecule has 0 unspecified atom stereocenters. The summed E-state index contributed by atoms with van der Waals surface area (Å²) in [5.74, 6) is -0.804. The molecule has 7 heteroatoms. The topological polar surface area (TPSA) is 96.4 Å². The number of unbranched alkanes of at least 4 members (excludes halogenated alkanes) is 1. The van der Waals surface area contributed by atoms with Gasteiger partial charge in [-0.05, 0) is 54.2 Å². The van der Waals surface area contributed by atoms with Gasteiger partial charge in [0.1, 0.15) is 0 Å². The summed E-state index contributed by atoms with van der Waals surface area (Å²) in [7, 11) is -3.54. The lowest BCUT2D eigenvalue weighted by Gasteiger charge is -2.11. The maximum absolute atomic E-state index is 12.4.